The third-order valence-electron chi connectivity index (χ3n) is 6.13. The van der Waals surface area contributed by atoms with Crippen LogP contribution >= 0.6 is 0 Å². The Morgan fingerprint density at radius 3 is 2.51 bits per heavy atom. The summed E-state index contributed by atoms with van der Waals surface area (Å²) >= 11 is 0. The fourth-order valence-corrected chi connectivity index (χ4v) is 4.50. The van der Waals surface area contributed by atoms with Gasteiger partial charge in [-0.15, -0.1) is 0 Å². The van der Waals surface area contributed by atoms with Gasteiger partial charge in [-0.2, -0.15) is 5.10 Å². The van der Waals surface area contributed by atoms with Crippen molar-refractivity contribution in [3.05, 3.63) is 64.2 Å². The molecule has 0 amide bonds. The van der Waals surface area contributed by atoms with Crippen LogP contribution in [0.2, 0.25) is 0 Å². The molecular formula is C26H26N4O7. The summed E-state index contributed by atoms with van der Waals surface area (Å²) in [5.41, 5.74) is 5.64. The minimum atomic E-state index is -1.26. The van der Waals surface area contributed by atoms with Gasteiger partial charge in [-0.1, -0.05) is 12.1 Å². The molecule has 1 aliphatic heterocycles. The number of pyridine rings is 2. The van der Waals surface area contributed by atoms with E-state index in [-0.39, 0.29) is 11.6 Å². The normalized spacial score (nSPS) is 15.2. The molecule has 5 rings (SSSR count). The van der Waals surface area contributed by atoms with Crippen molar-refractivity contribution in [2.75, 3.05) is 20.3 Å². The molecule has 1 atom stereocenters. The van der Waals surface area contributed by atoms with E-state index in [1.54, 1.807) is 13.3 Å². The van der Waals surface area contributed by atoms with Crippen molar-refractivity contribution in [2.45, 2.75) is 26.3 Å². The van der Waals surface area contributed by atoms with E-state index in [4.69, 9.17) is 19.7 Å². The van der Waals surface area contributed by atoms with E-state index in [1.165, 1.54) is 0 Å². The number of hydrogen-bond acceptors (Lipinski definition) is 7. The summed E-state index contributed by atoms with van der Waals surface area (Å²) in [6.07, 6.45) is 5.48. The molecule has 1 saturated heterocycles. The van der Waals surface area contributed by atoms with Crippen LogP contribution in [0.1, 0.15) is 23.6 Å². The Balaban J connectivity index is 0.000000349. The van der Waals surface area contributed by atoms with Crippen LogP contribution in [0.5, 0.6) is 5.88 Å². The first-order valence-corrected chi connectivity index (χ1v) is 11.5. The van der Waals surface area contributed by atoms with Crippen LogP contribution in [0.4, 0.5) is 0 Å². The Hall–Kier alpha value is -4.51. The number of nitrogens with zero attached hydrogens (tertiary/aromatic N) is 3. The molecule has 1 aliphatic rings. The smallest absolute Gasteiger partial charge is 0.328 e. The Kier molecular flexibility index (Phi) is 7.35. The molecule has 3 aromatic heterocycles. The topological polar surface area (TPSA) is 157 Å². The summed E-state index contributed by atoms with van der Waals surface area (Å²) in [6, 6.07) is 6.32. The van der Waals surface area contributed by atoms with Crippen molar-refractivity contribution in [3.8, 4) is 17.0 Å². The minimum Gasteiger partial charge on any atom is -0.481 e. The number of ether oxygens (including phenoxy) is 2. The van der Waals surface area contributed by atoms with Gasteiger partial charge in [-0.05, 0) is 43.0 Å². The quantitative estimate of drug-likeness (QED) is 0.346. The monoisotopic (exact) mass is 506 g/mol. The second-order valence-electron chi connectivity index (χ2n) is 8.54. The van der Waals surface area contributed by atoms with Gasteiger partial charge in [0.2, 0.25) is 5.88 Å². The summed E-state index contributed by atoms with van der Waals surface area (Å²) in [5, 5.41) is 21.7. The molecule has 0 aliphatic carbocycles. The van der Waals surface area contributed by atoms with E-state index < -0.39 is 11.9 Å². The number of aliphatic carboxylic acids is 2. The number of H-pyrrole nitrogens is 1. The Labute approximate surface area is 211 Å². The molecule has 11 heteroatoms. The standard InChI is InChI=1S/C22H22N4O3.C4H4O4/c1-12-9-23-22(28-3)13(2)19(12)14-4-5-16-18(8-14)25-21(27)17-10-24-26(20(16)17)15-6-7-29-11-15;5-3(6)1-2-4(7)8/h4-5,8-10,15H,6-7,11H2,1-3H3,(H,25,27);1-2H,(H,5,6)(H,7,8)/b;2-1+/t15-;/m0./s1. The van der Waals surface area contributed by atoms with E-state index >= 15 is 0 Å². The maximum absolute atomic E-state index is 12.7. The van der Waals surface area contributed by atoms with Gasteiger partial charge in [0.1, 0.15) is 0 Å². The van der Waals surface area contributed by atoms with Gasteiger partial charge in [0.25, 0.3) is 5.56 Å². The predicted octanol–water partition coefficient (Wildman–Crippen LogP) is 3.24. The lowest BCUT2D eigenvalue weighted by molar-refractivity contribution is -0.134. The molecule has 37 heavy (non-hydrogen) atoms. The predicted molar refractivity (Wildman–Crippen MR) is 136 cm³/mol. The van der Waals surface area contributed by atoms with E-state index in [1.807, 2.05) is 30.8 Å². The number of methoxy groups -OCH3 is 1. The van der Waals surface area contributed by atoms with Gasteiger partial charge in [-0.25, -0.2) is 14.6 Å². The molecule has 0 saturated carbocycles. The van der Waals surface area contributed by atoms with Crippen LogP contribution in [-0.2, 0) is 14.3 Å². The summed E-state index contributed by atoms with van der Waals surface area (Å²) in [5.74, 6) is -1.91. The number of rotatable bonds is 5. The number of aryl methyl sites for hydroxylation is 1. The maximum atomic E-state index is 12.7. The highest BCUT2D eigenvalue weighted by Crippen LogP contribution is 2.34. The number of nitrogens with one attached hydrogen (secondary N) is 1. The van der Waals surface area contributed by atoms with Crippen molar-refractivity contribution in [1.29, 1.82) is 0 Å². The first-order chi connectivity index (χ1) is 17.7. The van der Waals surface area contributed by atoms with Crippen molar-refractivity contribution in [2.24, 2.45) is 0 Å². The summed E-state index contributed by atoms with van der Waals surface area (Å²) < 4.78 is 12.9. The maximum Gasteiger partial charge on any atom is 0.328 e. The average Bonchev–Trinajstić information content (AvgIpc) is 3.54. The number of aromatic amines is 1. The molecule has 4 aromatic rings. The zero-order valence-electron chi connectivity index (χ0n) is 20.5. The summed E-state index contributed by atoms with van der Waals surface area (Å²) in [6.45, 7) is 5.37. The van der Waals surface area contributed by atoms with Gasteiger partial charge in [0, 0.05) is 35.9 Å². The van der Waals surface area contributed by atoms with Crippen LogP contribution in [-0.4, -0.2) is 62.2 Å². The van der Waals surface area contributed by atoms with Crippen LogP contribution in [0.3, 0.4) is 0 Å². The first kappa shape index (κ1) is 25.6. The van der Waals surface area contributed by atoms with Gasteiger partial charge in [-0.3, -0.25) is 9.48 Å². The van der Waals surface area contributed by atoms with Gasteiger partial charge in [0.15, 0.2) is 0 Å². The second kappa shape index (κ2) is 10.6. The lowest BCUT2D eigenvalue weighted by Crippen LogP contribution is -2.12. The van der Waals surface area contributed by atoms with Crippen molar-refractivity contribution < 1.29 is 29.3 Å². The number of carboxylic acids is 2. The molecule has 1 aromatic carbocycles. The third-order valence-corrected chi connectivity index (χ3v) is 6.13. The van der Waals surface area contributed by atoms with Crippen molar-refractivity contribution in [3.63, 3.8) is 0 Å². The number of hydrogen-bond donors (Lipinski definition) is 3. The van der Waals surface area contributed by atoms with Gasteiger partial charge < -0.3 is 24.7 Å². The molecular weight excluding hydrogens is 480 g/mol. The Morgan fingerprint density at radius 2 is 1.89 bits per heavy atom. The zero-order valence-corrected chi connectivity index (χ0v) is 20.5. The lowest BCUT2D eigenvalue weighted by atomic mass is 9.96. The minimum absolute atomic E-state index is 0.129. The molecule has 4 heterocycles. The van der Waals surface area contributed by atoms with Gasteiger partial charge in [0.05, 0.1) is 42.4 Å². The van der Waals surface area contributed by atoms with E-state index in [0.717, 1.165) is 51.7 Å². The average molecular weight is 507 g/mol. The fourth-order valence-electron chi connectivity index (χ4n) is 4.50. The second-order valence-corrected chi connectivity index (χ2v) is 8.54. The number of aromatic nitrogens is 4. The Bertz CT molecular complexity index is 1560. The molecule has 3 N–H and O–H groups in total. The SMILES string of the molecule is COc1ncc(C)c(-c2ccc3c(c2)[nH]c(=O)c2cnn([C@H]4CCOC4)c23)c1C.O=C(O)/C=C/C(=O)O. The van der Waals surface area contributed by atoms with Crippen LogP contribution in [0, 0.1) is 13.8 Å². The molecule has 0 bridgehead atoms. The first-order valence-electron chi connectivity index (χ1n) is 11.5. The van der Waals surface area contributed by atoms with Crippen molar-refractivity contribution >= 4 is 33.7 Å². The zero-order chi connectivity index (χ0) is 26.7. The third kappa shape index (κ3) is 5.21. The lowest BCUT2D eigenvalue weighted by Gasteiger charge is -2.14. The number of carbonyl (C=O) groups is 2. The Morgan fingerprint density at radius 1 is 1.16 bits per heavy atom. The molecule has 11 nitrogen and oxygen atoms in total. The van der Waals surface area contributed by atoms with E-state index in [9.17, 15) is 14.4 Å². The highest BCUT2D eigenvalue weighted by Gasteiger charge is 2.22. The molecule has 0 radical (unpaired) electrons. The fraction of sp³-hybridized carbons (Fsp3) is 0.269. The molecule has 0 unspecified atom stereocenters. The van der Waals surface area contributed by atoms with E-state index in [2.05, 4.69) is 27.2 Å². The molecule has 1 fully saturated rings. The summed E-state index contributed by atoms with van der Waals surface area (Å²) in [7, 11) is 1.62. The number of benzene rings is 1. The van der Waals surface area contributed by atoms with Crippen molar-refractivity contribution in [1.82, 2.24) is 19.7 Å². The highest BCUT2D eigenvalue weighted by atomic mass is 16.5. The van der Waals surface area contributed by atoms with Crippen LogP contribution < -0.4 is 10.3 Å². The van der Waals surface area contributed by atoms with Crippen LogP contribution in [0.25, 0.3) is 32.9 Å². The summed E-state index contributed by atoms with van der Waals surface area (Å²) in [4.78, 5) is 39.2. The van der Waals surface area contributed by atoms with E-state index in [0.29, 0.717) is 30.0 Å². The largest absolute Gasteiger partial charge is 0.481 e. The molecule has 192 valence electrons. The number of fused-ring (bicyclic) bond motifs is 3. The number of carboxylic acid groups (broad SMARTS) is 2. The van der Waals surface area contributed by atoms with Crippen LogP contribution in [0.15, 0.2) is 47.5 Å². The molecule has 0 spiro atoms. The van der Waals surface area contributed by atoms with Gasteiger partial charge >= 0.3 is 11.9 Å². The highest BCUT2D eigenvalue weighted by molar-refractivity contribution is 6.04.